The van der Waals surface area contributed by atoms with E-state index in [1.807, 2.05) is 0 Å². The zero-order valence-corrected chi connectivity index (χ0v) is 18.9. The molecule has 30 heavy (non-hydrogen) atoms. The molecule has 0 saturated heterocycles. The molecule has 8 nitrogen and oxygen atoms in total. The first-order chi connectivity index (χ1) is 14.1. The van der Waals surface area contributed by atoms with Crippen molar-refractivity contribution in [2.45, 2.75) is 26.7 Å². The number of amides is 4. The van der Waals surface area contributed by atoms with Crippen molar-refractivity contribution in [1.82, 2.24) is 9.80 Å². The van der Waals surface area contributed by atoms with Gasteiger partial charge in [-0.15, -0.1) is 23.5 Å². The van der Waals surface area contributed by atoms with Crippen LogP contribution in [0.1, 0.15) is 26.7 Å². The number of Topliss-reactive ketones (excluding diaryl/α,β-unsaturated/α-hetero) is 2. The normalized spacial score (nSPS) is 18.7. The third-order valence-corrected chi connectivity index (χ3v) is 6.79. The second kappa shape index (κ2) is 10.2. The zero-order valence-electron chi connectivity index (χ0n) is 17.3. The van der Waals surface area contributed by atoms with E-state index in [9.17, 15) is 28.8 Å². The average molecular weight is 453 g/mol. The highest BCUT2D eigenvalue weighted by Gasteiger charge is 2.34. The first-order valence-electron chi connectivity index (χ1n) is 9.40. The van der Waals surface area contributed by atoms with E-state index < -0.39 is 35.5 Å². The van der Waals surface area contributed by atoms with Crippen LogP contribution in [0.25, 0.3) is 0 Å². The molecule has 0 spiro atoms. The molecule has 0 aliphatic carbocycles. The summed E-state index contributed by atoms with van der Waals surface area (Å²) in [6.07, 6.45) is 5.84. The molecule has 1 unspecified atom stereocenters. The minimum Gasteiger partial charge on any atom is -0.299 e. The van der Waals surface area contributed by atoms with Crippen LogP contribution < -0.4 is 0 Å². The van der Waals surface area contributed by atoms with Crippen LogP contribution in [0.15, 0.2) is 22.0 Å². The highest BCUT2D eigenvalue weighted by atomic mass is 32.2. The number of nitrogens with zero attached hydrogens (tertiary/aromatic N) is 2. The smallest absolute Gasteiger partial charge is 0.267 e. The van der Waals surface area contributed by atoms with Gasteiger partial charge in [0.25, 0.3) is 23.6 Å². The maximum atomic E-state index is 12.5. The van der Waals surface area contributed by atoms with Gasteiger partial charge in [0.15, 0.2) is 0 Å². The Morgan fingerprint density at radius 2 is 1.10 bits per heavy atom. The molecule has 2 aliphatic heterocycles. The van der Waals surface area contributed by atoms with Crippen molar-refractivity contribution >= 4 is 58.7 Å². The van der Waals surface area contributed by atoms with Crippen LogP contribution in [0.2, 0.25) is 0 Å². The predicted octanol–water partition coefficient (Wildman–Crippen LogP) is 1.41. The maximum Gasteiger partial charge on any atom is 0.267 e. The van der Waals surface area contributed by atoms with Crippen molar-refractivity contribution in [2.24, 2.45) is 11.8 Å². The van der Waals surface area contributed by atoms with Crippen LogP contribution >= 0.6 is 23.5 Å². The molecular formula is C20H24N2O6S2. The Labute approximate surface area is 183 Å². The number of carbonyl (C=O) groups is 6. The van der Waals surface area contributed by atoms with Crippen molar-refractivity contribution in [3.05, 3.63) is 22.0 Å². The van der Waals surface area contributed by atoms with Gasteiger partial charge in [0.1, 0.15) is 11.6 Å². The van der Waals surface area contributed by atoms with Gasteiger partial charge in [-0.05, 0) is 12.5 Å². The van der Waals surface area contributed by atoms with Crippen LogP contribution in [0.4, 0.5) is 0 Å². The van der Waals surface area contributed by atoms with Crippen LogP contribution in [0.5, 0.6) is 0 Å². The molecule has 0 bridgehead atoms. The van der Waals surface area contributed by atoms with Crippen LogP contribution in [-0.4, -0.2) is 70.6 Å². The molecule has 0 aromatic carbocycles. The summed E-state index contributed by atoms with van der Waals surface area (Å²) in [5.41, 5.74) is 0. The first kappa shape index (κ1) is 24.1. The number of carbonyl (C=O) groups excluding carboxylic acids is 6. The fourth-order valence-corrected chi connectivity index (χ4v) is 4.15. The molecule has 2 rings (SSSR count). The zero-order chi connectivity index (χ0) is 22.6. The lowest BCUT2D eigenvalue weighted by Gasteiger charge is -2.21. The lowest BCUT2D eigenvalue weighted by molar-refractivity contribution is -0.140. The molecule has 0 aromatic rings. The third kappa shape index (κ3) is 5.10. The molecule has 10 heteroatoms. The standard InChI is InChI=1S/C20H24N2O6S2/c1-11(13(23)5-7-21-17(25)9-15(29-3)19(21)27)12(2)14(24)6-8-22-18(26)10-16(30-4)20(22)28/h9-12H,5-8H2,1-4H3/t11-,12?/m0/s1. The number of thioether (sulfide) groups is 2. The van der Waals surface area contributed by atoms with E-state index in [1.165, 1.54) is 35.7 Å². The second-order valence-electron chi connectivity index (χ2n) is 7.03. The largest absolute Gasteiger partial charge is 0.299 e. The van der Waals surface area contributed by atoms with Gasteiger partial charge < -0.3 is 0 Å². The summed E-state index contributed by atoms with van der Waals surface area (Å²) in [5.74, 6) is -3.36. The van der Waals surface area contributed by atoms with E-state index in [1.54, 1.807) is 26.4 Å². The minimum absolute atomic E-state index is 0.0256. The van der Waals surface area contributed by atoms with E-state index in [2.05, 4.69) is 0 Å². The Hall–Kier alpha value is -2.20. The van der Waals surface area contributed by atoms with Crippen LogP contribution in [0, 0.1) is 11.8 Å². The van der Waals surface area contributed by atoms with Gasteiger partial charge >= 0.3 is 0 Å². The van der Waals surface area contributed by atoms with Crippen molar-refractivity contribution in [1.29, 1.82) is 0 Å². The van der Waals surface area contributed by atoms with Gasteiger partial charge in [0.05, 0.1) is 9.81 Å². The highest BCUT2D eigenvalue weighted by Crippen LogP contribution is 2.24. The fourth-order valence-electron chi connectivity index (χ4n) is 3.14. The Kier molecular flexibility index (Phi) is 8.19. The van der Waals surface area contributed by atoms with E-state index in [-0.39, 0.29) is 37.5 Å². The summed E-state index contributed by atoms with van der Waals surface area (Å²) in [7, 11) is 0. The molecule has 0 N–H and O–H groups in total. The third-order valence-electron chi connectivity index (χ3n) is 5.32. The molecule has 0 saturated carbocycles. The highest BCUT2D eigenvalue weighted by molar-refractivity contribution is 8.03. The monoisotopic (exact) mass is 452 g/mol. The minimum atomic E-state index is -0.608. The van der Waals surface area contributed by atoms with Crippen molar-refractivity contribution in [2.75, 3.05) is 25.6 Å². The van der Waals surface area contributed by atoms with Gasteiger partial charge in [-0.2, -0.15) is 0 Å². The van der Waals surface area contributed by atoms with Crippen molar-refractivity contribution in [3.8, 4) is 0 Å². The van der Waals surface area contributed by atoms with Crippen LogP contribution in [-0.2, 0) is 28.8 Å². The molecule has 4 amide bonds. The molecule has 0 radical (unpaired) electrons. The van der Waals surface area contributed by atoms with Gasteiger partial charge in [-0.25, -0.2) is 0 Å². The molecular weight excluding hydrogens is 428 g/mol. The number of rotatable bonds is 11. The summed E-state index contributed by atoms with van der Waals surface area (Å²) < 4.78 is 0. The summed E-state index contributed by atoms with van der Waals surface area (Å²) in [4.78, 5) is 75.6. The molecule has 0 aromatic heterocycles. The van der Waals surface area contributed by atoms with E-state index in [0.29, 0.717) is 9.81 Å². The van der Waals surface area contributed by atoms with Gasteiger partial charge in [0, 0.05) is 49.9 Å². The van der Waals surface area contributed by atoms with Crippen molar-refractivity contribution in [3.63, 3.8) is 0 Å². The molecule has 2 heterocycles. The summed E-state index contributed by atoms with van der Waals surface area (Å²) in [5, 5.41) is 0. The molecule has 0 fully saturated rings. The van der Waals surface area contributed by atoms with Crippen LogP contribution in [0.3, 0.4) is 0 Å². The second-order valence-corrected chi connectivity index (χ2v) is 8.72. The topological polar surface area (TPSA) is 109 Å². The number of ketones is 2. The lowest BCUT2D eigenvalue weighted by Crippen LogP contribution is -2.36. The van der Waals surface area contributed by atoms with Gasteiger partial charge in [-0.3, -0.25) is 38.6 Å². The Morgan fingerprint density at radius 3 is 1.37 bits per heavy atom. The molecule has 162 valence electrons. The Balaban J connectivity index is 1.84. The number of imide groups is 2. The predicted molar refractivity (Wildman–Crippen MR) is 114 cm³/mol. The Morgan fingerprint density at radius 1 is 0.767 bits per heavy atom. The van der Waals surface area contributed by atoms with Gasteiger partial charge in [0.2, 0.25) is 0 Å². The molecule has 2 aliphatic rings. The quantitative estimate of drug-likeness (QED) is 0.433. The Bertz CT molecular complexity index is 793. The van der Waals surface area contributed by atoms with E-state index >= 15 is 0 Å². The summed E-state index contributed by atoms with van der Waals surface area (Å²) in [6, 6.07) is 0. The van der Waals surface area contributed by atoms with Crippen molar-refractivity contribution < 1.29 is 28.8 Å². The lowest BCUT2D eigenvalue weighted by atomic mass is 9.86. The average Bonchev–Trinajstić information content (AvgIpc) is 3.16. The SMILES string of the molecule is CSC1=CC(=O)N(CCC(=O)C(C)[C@H](C)C(=O)CCN2C(=O)C=C(SC)C2=O)C1=O. The van der Waals surface area contributed by atoms with E-state index in [4.69, 9.17) is 0 Å². The summed E-state index contributed by atoms with van der Waals surface area (Å²) in [6.45, 7) is 3.21. The first-order valence-corrected chi connectivity index (χ1v) is 11.9. The van der Waals surface area contributed by atoms with Gasteiger partial charge in [-0.1, -0.05) is 13.8 Å². The number of hydrogen-bond acceptors (Lipinski definition) is 8. The fraction of sp³-hybridized carbons (Fsp3) is 0.500. The summed E-state index contributed by atoms with van der Waals surface area (Å²) >= 11 is 2.36. The maximum absolute atomic E-state index is 12.5. The molecule has 2 atom stereocenters. The number of hydrogen-bond donors (Lipinski definition) is 0. The van der Waals surface area contributed by atoms with E-state index in [0.717, 1.165) is 9.80 Å².